The second-order valence-electron chi connectivity index (χ2n) is 11.5. The average molecular weight is 662 g/mol. The number of nitrogens with zero attached hydrogens (tertiary/aromatic N) is 2. The largest absolute Gasteiger partial charge is 0.497 e. The molecule has 4 aromatic carbocycles. The van der Waals surface area contributed by atoms with Gasteiger partial charge in [0.1, 0.15) is 18.3 Å². The molecule has 0 aliphatic carbocycles. The number of nitrogens with one attached hydrogen (secondary N) is 1. The first-order chi connectivity index (χ1) is 22.0. The molecule has 0 unspecified atom stereocenters. The van der Waals surface area contributed by atoms with Gasteiger partial charge in [0.25, 0.3) is 10.0 Å². The summed E-state index contributed by atoms with van der Waals surface area (Å²) in [5.41, 5.74) is 2.75. The van der Waals surface area contributed by atoms with Crippen molar-refractivity contribution in [1.82, 2.24) is 10.2 Å². The van der Waals surface area contributed by atoms with Crippen LogP contribution >= 0.6 is 11.6 Å². The third-order valence-electron chi connectivity index (χ3n) is 7.45. The van der Waals surface area contributed by atoms with Crippen molar-refractivity contribution < 1.29 is 22.7 Å². The van der Waals surface area contributed by atoms with Crippen molar-refractivity contribution in [2.24, 2.45) is 5.92 Å². The molecule has 0 saturated carbocycles. The van der Waals surface area contributed by atoms with Gasteiger partial charge < -0.3 is 15.0 Å². The van der Waals surface area contributed by atoms with E-state index in [1.54, 1.807) is 60.7 Å². The van der Waals surface area contributed by atoms with E-state index in [9.17, 15) is 18.0 Å². The van der Waals surface area contributed by atoms with Crippen molar-refractivity contribution in [2.45, 2.75) is 44.7 Å². The zero-order valence-electron chi connectivity index (χ0n) is 26.5. The number of methoxy groups -OCH3 is 1. The van der Waals surface area contributed by atoms with Crippen molar-refractivity contribution in [1.29, 1.82) is 0 Å². The second kappa shape index (κ2) is 15.8. The maximum absolute atomic E-state index is 14.5. The summed E-state index contributed by atoms with van der Waals surface area (Å²) in [6.45, 7) is 5.77. The van der Waals surface area contributed by atoms with Crippen LogP contribution in [0.4, 0.5) is 5.69 Å². The Morgan fingerprint density at radius 3 is 2.17 bits per heavy atom. The van der Waals surface area contributed by atoms with Crippen LogP contribution in [-0.4, -0.2) is 51.4 Å². The molecule has 0 spiro atoms. The number of hydrogen-bond donors (Lipinski definition) is 1. The lowest BCUT2D eigenvalue weighted by atomic mass is 10.0. The molecule has 0 bridgehead atoms. The molecule has 0 fully saturated rings. The number of carbonyl (C=O) groups excluding carboxylic acids is 2. The fourth-order valence-corrected chi connectivity index (χ4v) is 6.43. The van der Waals surface area contributed by atoms with Gasteiger partial charge in [0.05, 0.1) is 17.7 Å². The molecule has 46 heavy (non-hydrogen) atoms. The molecule has 0 aliphatic rings. The van der Waals surface area contributed by atoms with E-state index in [0.29, 0.717) is 17.3 Å². The number of benzene rings is 4. The quantitative estimate of drug-likeness (QED) is 0.172. The normalized spacial score (nSPS) is 12.0. The Balaban J connectivity index is 1.81. The van der Waals surface area contributed by atoms with Gasteiger partial charge in [-0.1, -0.05) is 91.7 Å². The van der Waals surface area contributed by atoms with Crippen LogP contribution in [0.15, 0.2) is 108 Å². The number of amides is 2. The van der Waals surface area contributed by atoms with Crippen molar-refractivity contribution in [3.8, 4) is 5.75 Å². The zero-order chi connectivity index (χ0) is 33.3. The number of rotatable bonds is 14. The van der Waals surface area contributed by atoms with E-state index in [1.165, 1.54) is 24.1 Å². The Kier molecular flexibility index (Phi) is 11.8. The highest BCUT2D eigenvalue weighted by Gasteiger charge is 2.34. The van der Waals surface area contributed by atoms with Gasteiger partial charge in [0.15, 0.2) is 0 Å². The molecule has 2 amide bonds. The molecule has 4 aromatic rings. The average Bonchev–Trinajstić information content (AvgIpc) is 3.05. The smallest absolute Gasteiger partial charge is 0.264 e. The number of carbonyl (C=O) groups is 2. The number of sulfonamides is 1. The fraction of sp³-hybridized carbons (Fsp3) is 0.278. The molecule has 0 saturated heterocycles. The zero-order valence-corrected chi connectivity index (χ0v) is 28.1. The summed E-state index contributed by atoms with van der Waals surface area (Å²) in [6, 6.07) is 28.5. The van der Waals surface area contributed by atoms with Crippen LogP contribution in [0.3, 0.4) is 0 Å². The number of ether oxygens (including phenoxy) is 1. The molecular weight excluding hydrogens is 622 g/mol. The Bertz CT molecular complexity index is 1710. The summed E-state index contributed by atoms with van der Waals surface area (Å²) in [5, 5.41) is 3.52. The van der Waals surface area contributed by atoms with Crippen LogP contribution in [0.2, 0.25) is 5.02 Å². The van der Waals surface area contributed by atoms with Crippen molar-refractivity contribution in [3.63, 3.8) is 0 Å². The van der Waals surface area contributed by atoms with E-state index in [4.69, 9.17) is 16.3 Å². The number of hydrogen-bond acceptors (Lipinski definition) is 5. The molecule has 0 radical (unpaired) electrons. The standard InChI is InChI=1S/C36H40ClN3O5S/c1-26(2)23-38-36(42)34(21-28-9-6-5-7-10-28)39(24-29-15-17-30(37)18-16-29)35(41)25-40(31-11-8-12-32(22-31)45-4)46(43,44)33-19-13-27(3)14-20-33/h5-20,22,26,34H,21,23-25H2,1-4H3,(H,38,42)/t34-/m1/s1. The summed E-state index contributed by atoms with van der Waals surface area (Å²) in [5.74, 6) is -0.254. The van der Waals surface area contributed by atoms with Crippen LogP contribution in [0, 0.1) is 12.8 Å². The van der Waals surface area contributed by atoms with E-state index in [2.05, 4.69) is 5.32 Å². The highest BCUT2D eigenvalue weighted by atomic mass is 35.5. The van der Waals surface area contributed by atoms with E-state index in [1.807, 2.05) is 51.1 Å². The minimum atomic E-state index is -4.22. The third-order valence-corrected chi connectivity index (χ3v) is 9.49. The first-order valence-electron chi connectivity index (χ1n) is 15.1. The molecule has 242 valence electrons. The van der Waals surface area contributed by atoms with E-state index < -0.39 is 28.5 Å². The maximum atomic E-state index is 14.5. The Labute approximate surface area is 277 Å². The molecular formula is C36H40ClN3O5S. The SMILES string of the molecule is COc1cccc(N(CC(=O)N(Cc2ccc(Cl)cc2)[C@H](Cc2ccccc2)C(=O)NCC(C)C)S(=O)(=O)c2ccc(C)cc2)c1. The molecule has 10 heteroatoms. The Hall–Kier alpha value is -4.34. The number of halogens is 1. The molecule has 8 nitrogen and oxygen atoms in total. The van der Waals surface area contributed by atoms with E-state index in [-0.39, 0.29) is 35.4 Å². The molecule has 1 N–H and O–H groups in total. The van der Waals surface area contributed by atoms with Gasteiger partial charge in [-0.05, 0) is 60.4 Å². The van der Waals surface area contributed by atoms with Gasteiger partial charge in [0.2, 0.25) is 11.8 Å². The van der Waals surface area contributed by atoms with E-state index in [0.717, 1.165) is 21.0 Å². The van der Waals surface area contributed by atoms with Gasteiger partial charge in [-0.25, -0.2) is 8.42 Å². The number of aryl methyl sites for hydroxylation is 1. The van der Waals surface area contributed by atoms with Crippen molar-refractivity contribution >= 4 is 39.1 Å². The first-order valence-corrected chi connectivity index (χ1v) is 16.9. The van der Waals surface area contributed by atoms with Crippen LogP contribution in [0.5, 0.6) is 5.75 Å². The van der Waals surface area contributed by atoms with Gasteiger partial charge in [-0.2, -0.15) is 0 Å². The fourth-order valence-electron chi connectivity index (χ4n) is 4.89. The van der Waals surface area contributed by atoms with Crippen LogP contribution in [0.25, 0.3) is 0 Å². The summed E-state index contributed by atoms with van der Waals surface area (Å²) in [6.07, 6.45) is 0.230. The molecule has 0 aliphatic heterocycles. The predicted octanol–water partition coefficient (Wildman–Crippen LogP) is 6.26. The van der Waals surface area contributed by atoms with Crippen molar-refractivity contribution in [3.05, 3.63) is 125 Å². The highest BCUT2D eigenvalue weighted by Crippen LogP contribution is 2.28. The molecule has 0 aromatic heterocycles. The van der Waals surface area contributed by atoms with Crippen LogP contribution in [-0.2, 0) is 32.6 Å². The molecule has 0 heterocycles. The molecule has 1 atom stereocenters. The van der Waals surface area contributed by atoms with Crippen LogP contribution in [0.1, 0.15) is 30.5 Å². The second-order valence-corrected chi connectivity index (χ2v) is 13.8. The topological polar surface area (TPSA) is 96.0 Å². The minimum Gasteiger partial charge on any atom is -0.497 e. The maximum Gasteiger partial charge on any atom is 0.264 e. The summed E-state index contributed by atoms with van der Waals surface area (Å²) in [7, 11) is -2.73. The Morgan fingerprint density at radius 2 is 1.54 bits per heavy atom. The first kappa shape index (κ1) is 34.5. The van der Waals surface area contributed by atoms with Crippen LogP contribution < -0.4 is 14.4 Å². The summed E-state index contributed by atoms with van der Waals surface area (Å²) < 4.78 is 34.8. The summed E-state index contributed by atoms with van der Waals surface area (Å²) >= 11 is 6.15. The monoisotopic (exact) mass is 661 g/mol. The summed E-state index contributed by atoms with van der Waals surface area (Å²) in [4.78, 5) is 29.9. The van der Waals surface area contributed by atoms with Crippen molar-refractivity contribution in [2.75, 3.05) is 24.5 Å². The van der Waals surface area contributed by atoms with Gasteiger partial charge in [-0.15, -0.1) is 0 Å². The minimum absolute atomic E-state index is 0.0356. The number of anilines is 1. The predicted molar refractivity (Wildman–Crippen MR) is 182 cm³/mol. The van der Waals surface area contributed by atoms with E-state index >= 15 is 0 Å². The third kappa shape index (κ3) is 9.11. The lowest BCUT2D eigenvalue weighted by molar-refractivity contribution is -0.140. The lowest BCUT2D eigenvalue weighted by Crippen LogP contribution is -2.53. The van der Waals surface area contributed by atoms with Gasteiger partial charge in [0, 0.05) is 30.6 Å². The highest BCUT2D eigenvalue weighted by molar-refractivity contribution is 7.92. The van der Waals surface area contributed by atoms with Gasteiger partial charge >= 0.3 is 0 Å². The molecule has 4 rings (SSSR count). The Morgan fingerprint density at radius 1 is 0.870 bits per heavy atom. The lowest BCUT2D eigenvalue weighted by Gasteiger charge is -2.34. The van der Waals surface area contributed by atoms with Gasteiger partial charge in [-0.3, -0.25) is 13.9 Å².